The summed E-state index contributed by atoms with van der Waals surface area (Å²) in [6.07, 6.45) is 2.41. The third-order valence-electron chi connectivity index (χ3n) is 4.36. The Hall–Kier alpha value is -1.93. The van der Waals surface area contributed by atoms with E-state index in [1.807, 2.05) is 0 Å². The van der Waals surface area contributed by atoms with Crippen LogP contribution in [0.2, 0.25) is 0 Å². The van der Waals surface area contributed by atoms with Gasteiger partial charge in [0.2, 0.25) is 21.8 Å². The van der Waals surface area contributed by atoms with Crippen molar-refractivity contribution in [1.29, 1.82) is 0 Å². The highest BCUT2D eigenvalue weighted by atomic mass is 32.2. The number of nitrogens with two attached hydrogens (primary N) is 1. The second kappa shape index (κ2) is 5.93. The van der Waals surface area contributed by atoms with Gasteiger partial charge in [0.25, 0.3) is 0 Å². The van der Waals surface area contributed by atoms with Crippen molar-refractivity contribution in [3.8, 4) is 0 Å². The van der Waals surface area contributed by atoms with Crippen LogP contribution in [-0.2, 0) is 19.6 Å². The first-order valence-electron chi connectivity index (χ1n) is 7.63. The maximum atomic E-state index is 12.7. The molecule has 2 aliphatic rings. The van der Waals surface area contributed by atoms with Gasteiger partial charge in [-0.05, 0) is 43.5 Å². The zero-order valence-corrected chi connectivity index (χ0v) is 13.5. The number of rotatable bonds is 4. The molecule has 7 nitrogen and oxygen atoms in total. The van der Waals surface area contributed by atoms with E-state index in [-0.39, 0.29) is 10.8 Å². The quantitative estimate of drug-likeness (QED) is 0.862. The fraction of sp³-hybridized carbons (Fsp3) is 0.467. The van der Waals surface area contributed by atoms with Crippen molar-refractivity contribution in [3.05, 3.63) is 24.3 Å². The number of hydrogen-bond acceptors (Lipinski definition) is 4. The molecule has 0 aromatic heterocycles. The van der Waals surface area contributed by atoms with Crippen molar-refractivity contribution in [2.75, 3.05) is 18.0 Å². The van der Waals surface area contributed by atoms with Crippen LogP contribution in [0.3, 0.4) is 0 Å². The fourth-order valence-corrected chi connectivity index (χ4v) is 4.83. The third-order valence-corrected chi connectivity index (χ3v) is 6.28. The van der Waals surface area contributed by atoms with Crippen LogP contribution in [0.5, 0.6) is 0 Å². The van der Waals surface area contributed by atoms with Crippen LogP contribution in [0, 0.1) is 0 Å². The van der Waals surface area contributed by atoms with Crippen molar-refractivity contribution in [2.24, 2.45) is 5.73 Å². The lowest BCUT2D eigenvalue weighted by Gasteiger charge is -2.22. The van der Waals surface area contributed by atoms with Gasteiger partial charge in [-0.15, -0.1) is 0 Å². The lowest BCUT2D eigenvalue weighted by atomic mass is 10.2. The second-order valence-electron chi connectivity index (χ2n) is 5.82. The monoisotopic (exact) mass is 337 g/mol. The number of carbonyl (C=O) groups is 2. The second-order valence-corrected chi connectivity index (χ2v) is 7.71. The summed E-state index contributed by atoms with van der Waals surface area (Å²) in [4.78, 5) is 24.9. The van der Waals surface area contributed by atoms with Crippen LogP contribution >= 0.6 is 0 Å². The molecule has 2 heterocycles. The van der Waals surface area contributed by atoms with Crippen LogP contribution < -0.4 is 10.6 Å². The molecule has 2 amide bonds. The topological polar surface area (TPSA) is 101 Å². The molecule has 0 aliphatic carbocycles. The summed E-state index contributed by atoms with van der Waals surface area (Å²) >= 11 is 0. The highest BCUT2D eigenvalue weighted by Gasteiger charge is 2.38. The van der Waals surface area contributed by atoms with Crippen LogP contribution in [0.4, 0.5) is 5.69 Å². The van der Waals surface area contributed by atoms with Gasteiger partial charge in [-0.3, -0.25) is 9.59 Å². The molecular formula is C15H19N3O4S. The number of nitrogens with zero attached hydrogens (tertiary/aromatic N) is 2. The predicted molar refractivity (Wildman–Crippen MR) is 84.1 cm³/mol. The zero-order valence-electron chi connectivity index (χ0n) is 12.6. The van der Waals surface area contributed by atoms with Gasteiger partial charge in [-0.2, -0.15) is 4.31 Å². The molecule has 1 atom stereocenters. The van der Waals surface area contributed by atoms with Gasteiger partial charge in [0, 0.05) is 25.2 Å². The van der Waals surface area contributed by atoms with Gasteiger partial charge >= 0.3 is 0 Å². The standard InChI is InChI=1S/C15H19N3O4S/c16-15(20)13-3-1-10-18(13)23(21,22)12-7-5-11(6-8-12)17-9-2-4-14(17)19/h5-8,13H,1-4,9-10H2,(H2,16,20)/t13-/m0/s1. The molecule has 0 radical (unpaired) electrons. The Bertz CT molecular complexity index is 730. The van der Waals surface area contributed by atoms with E-state index in [1.54, 1.807) is 17.0 Å². The number of hydrogen-bond donors (Lipinski definition) is 1. The lowest BCUT2D eigenvalue weighted by Crippen LogP contribution is -2.43. The normalized spacial score (nSPS) is 22.7. The van der Waals surface area contributed by atoms with Crippen LogP contribution in [0.15, 0.2) is 29.2 Å². The molecule has 0 bridgehead atoms. The molecule has 1 aromatic carbocycles. The Morgan fingerprint density at radius 1 is 1.13 bits per heavy atom. The molecule has 2 N–H and O–H groups in total. The van der Waals surface area contributed by atoms with Gasteiger partial charge in [-0.1, -0.05) is 0 Å². The van der Waals surface area contributed by atoms with E-state index in [1.165, 1.54) is 16.4 Å². The molecule has 23 heavy (non-hydrogen) atoms. The summed E-state index contributed by atoms with van der Waals surface area (Å²) in [5.41, 5.74) is 5.99. The Morgan fingerprint density at radius 3 is 2.39 bits per heavy atom. The van der Waals surface area contributed by atoms with E-state index in [9.17, 15) is 18.0 Å². The molecular weight excluding hydrogens is 318 g/mol. The summed E-state index contributed by atoms with van der Waals surface area (Å²) < 4.78 is 26.5. The Labute approximate surface area is 135 Å². The van der Waals surface area contributed by atoms with Gasteiger partial charge in [0.1, 0.15) is 6.04 Å². The average molecular weight is 337 g/mol. The van der Waals surface area contributed by atoms with Crippen molar-refractivity contribution < 1.29 is 18.0 Å². The minimum atomic E-state index is -3.76. The smallest absolute Gasteiger partial charge is 0.243 e. The van der Waals surface area contributed by atoms with Gasteiger partial charge in [0.05, 0.1) is 4.90 Å². The summed E-state index contributed by atoms with van der Waals surface area (Å²) in [7, 11) is -3.76. The first kappa shape index (κ1) is 15.9. The minimum absolute atomic E-state index is 0.0499. The molecule has 0 unspecified atom stereocenters. The summed E-state index contributed by atoms with van der Waals surface area (Å²) in [5.74, 6) is -0.570. The van der Waals surface area contributed by atoms with Crippen LogP contribution in [0.1, 0.15) is 25.7 Å². The number of carbonyl (C=O) groups excluding carboxylic acids is 2. The molecule has 8 heteroatoms. The average Bonchev–Trinajstić information content (AvgIpc) is 3.16. The Morgan fingerprint density at radius 2 is 1.83 bits per heavy atom. The number of benzene rings is 1. The molecule has 124 valence electrons. The predicted octanol–water partition coefficient (Wildman–Crippen LogP) is 0.452. The van der Waals surface area contributed by atoms with E-state index in [2.05, 4.69) is 0 Å². The van der Waals surface area contributed by atoms with Crippen molar-refractivity contribution >= 4 is 27.5 Å². The number of sulfonamides is 1. The van der Waals surface area contributed by atoms with E-state index in [4.69, 9.17) is 5.73 Å². The number of anilines is 1. The Kier molecular flexibility index (Phi) is 4.11. The van der Waals surface area contributed by atoms with Crippen molar-refractivity contribution in [3.63, 3.8) is 0 Å². The molecule has 2 aliphatic heterocycles. The van der Waals surface area contributed by atoms with Gasteiger partial charge in [-0.25, -0.2) is 8.42 Å². The summed E-state index contributed by atoms with van der Waals surface area (Å²) in [6, 6.07) is 5.44. The minimum Gasteiger partial charge on any atom is -0.368 e. The van der Waals surface area contributed by atoms with Crippen molar-refractivity contribution in [2.45, 2.75) is 36.6 Å². The fourth-order valence-electron chi connectivity index (χ4n) is 3.17. The maximum absolute atomic E-state index is 12.7. The molecule has 3 rings (SSSR count). The van der Waals surface area contributed by atoms with Gasteiger partial charge < -0.3 is 10.6 Å². The molecule has 1 aromatic rings. The van der Waals surface area contributed by atoms with E-state index >= 15 is 0 Å². The SMILES string of the molecule is NC(=O)[C@@H]1CCCN1S(=O)(=O)c1ccc(N2CCCC2=O)cc1. The Balaban J connectivity index is 1.86. The highest BCUT2D eigenvalue weighted by molar-refractivity contribution is 7.89. The first-order valence-corrected chi connectivity index (χ1v) is 9.07. The molecule has 2 saturated heterocycles. The maximum Gasteiger partial charge on any atom is 0.243 e. The lowest BCUT2D eigenvalue weighted by molar-refractivity contribution is -0.121. The highest BCUT2D eigenvalue weighted by Crippen LogP contribution is 2.28. The summed E-state index contributed by atoms with van der Waals surface area (Å²) in [5, 5.41) is 0. The number of amides is 2. The van der Waals surface area contributed by atoms with E-state index < -0.39 is 22.0 Å². The summed E-state index contributed by atoms with van der Waals surface area (Å²) in [6.45, 7) is 0.948. The van der Waals surface area contributed by atoms with Gasteiger partial charge in [0.15, 0.2) is 0 Å². The largest absolute Gasteiger partial charge is 0.368 e. The van der Waals surface area contributed by atoms with E-state index in [0.29, 0.717) is 38.0 Å². The van der Waals surface area contributed by atoms with Crippen LogP contribution in [0.25, 0.3) is 0 Å². The number of primary amides is 1. The zero-order chi connectivity index (χ0) is 16.6. The van der Waals surface area contributed by atoms with E-state index in [0.717, 1.165) is 6.42 Å². The first-order chi connectivity index (χ1) is 10.9. The third kappa shape index (κ3) is 2.84. The van der Waals surface area contributed by atoms with Crippen molar-refractivity contribution in [1.82, 2.24) is 4.31 Å². The molecule has 0 saturated carbocycles. The molecule has 0 spiro atoms. The molecule has 2 fully saturated rings. The van der Waals surface area contributed by atoms with Crippen LogP contribution in [-0.4, -0.2) is 43.7 Å².